The van der Waals surface area contributed by atoms with Gasteiger partial charge in [0, 0.05) is 19.5 Å². The summed E-state index contributed by atoms with van der Waals surface area (Å²) in [6.45, 7) is 6.29. The molecule has 0 unspecified atom stereocenters. The number of esters is 1. The van der Waals surface area contributed by atoms with Crippen molar-refractivity contribution < 1.29 is 19.4 Å². The van der Waals surface area contributed by atoms with Crippen LogP contribution in [0.25, 0.3) is 0 Å². The molecule has 0 aromatic carbocycles. The van der Waals surface area contributed by atoms with Gasteiger partial charge in [-0.05, 0) is 33.6 Å². The molecule has 0 saturated heterocycles. The van der Waals surface area contributed by atoms with Crippen LogP contribution in [0.5, 0.6) is 0 Å². The van der Waals surface area contributed by atoms with Gasteiger partial charge in [-0.25, -0.2) is 4.79 Å². The van der Waals surface area contributed by atoms with Gasteiger partial charge in [0.2, 0.25) is 0 Å². The van der Waals surface area contributed by atoms with E-state index in [9.17, 15) is 9.59 Å². The molecule has 0 radical (unpaired) electrons. The first-order valence-corrected chi connectivity index (χ1v) is 6.69. The van der Waals surface area contributed by atoms with Gasteiger partial charge in [-0.1, -0.05) is 6.42 Å². The summed E-state index contributed by atoms with van der Waals surface area (Å²) in [5, 5.41) is 13.7. The van der Waals surface area contributed by atoms with E-state index >= 15 is 0 Å². The van der Waals surface area contributed by atoms with E-state index in [-0.39, 0.29) is 25.2 Å². The van der Waals surface area contributed by atoms with Gasteiger partial charge in [0.05, 0.1) is 6.61 Å². The second-order valence-electron chi connectivity index (χ2n) is 5.30. The highest BCUT2D eigenvalue weighted by Gasteiger charge is 2.15. The molecule has 0 heterocycles. The molecule has 0 aromatic heterocycles. The summed E-state index contributed by atoms with van der Waals surface area (Å²) >= 11 is 0. The zero-order valence-corrected chi connectivity index (χ0v) is 12.1. The second kappa shape index (κ2) is 9.61. The van der Waals surface area contributed by atoms with E-state index in [1.165, 1.54) is 0 Å². The number of aliphatic hydroxyl groups excluding tert-OH is 1. The Hall–Kier alpha value is -1.30. The summed E-state index contributed by atoms with van der Waals surface area (Å²) in [5.41, 5.74) is -0.427. The van der Waals surface area contributed by atoms with Crippen molar-refractivity contribution in [1.82, 2.24) is 10.6 Å². The molecule has 0 atom stereocenters. The number of urea groups is 1. The molecule has 0 aliphatic carbocycles. The maximum Gasteiger partial charge on any atom is 0.314 e. The minimum absolute atomic E-state index is 0.0662. The van der Waals surface area contributed by atoms with E-state index in [1.54, 1.807) is 0 Å². The predicted molar refractivity (Wildman–Crippen MR) is 72.8 cm³/mol. The van der Waals surface area contributed by atoms with E-state index in [0.29, 0.717) is 13.0 Å². The van der Waals surface area contributed by atoms with Crippen molar-refractivity contribution in [2.45, 2.75) is 52.1 Å². The summed E-state index contributed by atoms with van der Waals surface area (Å²) in [6, 6.07) is -0.277. The number of hydrogen-bond acceptors (Lipinski definition) is 4. The molecule has 0 saturated carbocycles. The fourth-order valence-corrected chi connectivity index (χ4v) is 1.40. The highest BCUT2D eigenvalue weighted by Crippen LogP contribution is 2.10. The number of unbranched alkanes of at least 4 members (excludes halogenated alkanes) is 2. The molecule has 6 nitrogen and oxygen atoms in total. The molecule has 0 aliphatic heterocycles. The number of carbonyl (C=O) groups is 2. The lowest BCUT2D eigenvalue weighted by Crippen LogP contribution is -2.37. The van der Waals surface area contributed by atoms with Crippen LogP contribution in [0, 0.1) is 0 Å². The van der Waals surface area contributed by atoms with E-state index in [1.807, 2.05) is 20.8 Å². The van der Waals surface area contributed by atoms with Crippen LogP contribution in [0.3, 0.4) is 0 Å². The van der Waals surface area contributed by atoms with Crippen LogP contribution in [0.2, 0.25) is 0 Å². The van der Waals surface area contributed by atoms with Gasteiger partial charge in [-0.2, -0.15) is 0 Å². The molecule has 6 heteroatoms. The summed E-state index contributed by atoms with van der Waals surface area (Å²) < 4.78 is 5.18. The Morgan fingerprint density at radius 1 is 1.05 bits per heavy atom. The van der Waals surface area contributed by atoms with Crippen LogP contribution in [-0.4, -0.2) is 42.4 Å². The van der Waals surface area contributed by atoms with Gasteiger partial charge in [-0.15, -0.1) is 0 Å². The number of rotatable bonds is 8. The number of aliphatic hydroxyl groups is 1. The quantitative estimate of drug-likeness (QED) is 0.458. The molecular formula is C13H26N2O4. The maximum absolute atomic E-state index is 11.4. The van der Waals surface area contributed by atoms with Crippen molar-refractivity contribution in [2.75, 3.05) is 19.7 Å². The highest BCUT2D eigenvalue weighted by molar-refractivity contribution is 5.73. The molecule has 2 amide bonds. The minimum Gasteiger partial charge on any atom is -0.460 e. The third-order valence-corrected chi connectivity index (χ3v) is 2.16. The lowest BCUT2D eigenvalue weighted by molar-refractivity contribution is -0.154. The Morgan fingerprint density at radius 2 is 1.68 bits per heavy atom. The van der Waals surface area contributed by atoms with Gasteiger partial charge in [0.25, 0.3) is 0 Å². The molecule has 0 rings (SSSR count). The lowest BCUT2D eigenvalue weighted by atomic mass is 10.1. The Bertz CT molecular complexity index is 274. The normalized spacial score (nSPS) is 10.9. The van der Waals surface area contributed by atoms with Gasteiger partial charge >= 0.3 is 12.0 Å². The van der Waals surface area contributed by atoms with Crippen LogP contribution >= 0.6 is 0 Å². The van der Waals surface area contributed by atoms with Crippen molar-refractivity contribution in [2.24, 2.45) is 0 Å². The first kappa shape index (κ1) is 17.7. The Balaban J connectivity index is 3.41. The van der Waals surface area contributed by atoms with Crippen molar-refractivity contribution in [3.63, 3.8) is 0 Å². The number of nitrogens with one attached hydrogen (secondary N) is 2. The molecule has 0 aliphatic rings. The maximum atomic E-state index is 11.4. The van der Waals surface area contributed by atoms with Crippen LogP contribution in [0.15, 0.2) is 0 Å². The topological polar surface area (TPSA) is 87.7 Å². The lowest BCUT2D eigenvalue weighted by Gasteiger charge is -2.19. The monoisotopic (exact) mass is 274 g/mol. The van der Waals surface area contributed by atoms with Gasteiger partial charge in [0.1, 0.15) is 5.60 Å². The molecule has 0 bridgehead atoms. The summed E-state index contributed by atoms with van der Waals surface area (Å²) in [6.07, 6.45) is 2.84. The zero-order chi connectivity index (χ0) is 14.7. The Morgan fingerprint density at radius 3 is 2.26 bits per heavy atom. The zero-order valence-electron chi connectivity index (χ0n) is 12.1. The smallest absolute Gasteiger partial charge is 0.314 e. The van der Waals surface area contributed by atoms with Crippen LogP contribution in [0.1, 0.15) is 46.5 Å². The predicted octanol–water partition coefficient (Wildman–Crippen LogP) is 1.18. The average molecular weight is 274 g/mol. The molecule has 0 aromatic rings. The number of amides is 2. The molecule has 0 fully saturated rings. The summed E-state index contributed by atoms with van der Waals surface area (Å²) in [4.78, 5) is 22.5. The van der Waals surface area contributed by atoms with Crippen molar-refractivity contribution in [3.05, 3.63) is 0 Å². The van der Waals surface area contributed by atoms with Crippen LogP contribution in [-0.2, 0) is 9.53 Å². The Kier molecular flexibility index (Phi) is 8.95. The SMILES string of the molecule is CC(C)(C)OC(=O)CCCCCNC(=O)NCCO. The van der Waals surface area contributed by atoms with Gasteiger partial charge < -0.3 is 20.5 Å². The molecule has 112 valence electrons. The van der Waals surface area contributed by atoms with Gasteiger partial charge in [0.15, 0.2) is 0 Å². The molecular weight excluding hydrogens is 248 g/mol. The number of hydrogen-bond donors (Lipinski definition) is 3. The Labute approximate surface area is 114 Å². The first-order valence-electron chi connectivity index (χ1n) is 6.69. The average Bonchev–Trinajstić information content (AvgIpc) is 2.28. The minimum atomic E-state index is -0.427. The van der Waals surface area contributed by atoms with Gasteiger partial charge in [-0.3, -0.25) is 4.79 Å². The van der Waals surface area contributed by atoms with E-state index in [4.69, 9.17) is 9.84 Å². The number of carbonyl (C=O) groups excluding carboxylic acids is 2. The fourth-order valence-electron chi connectivity index (χ4n) is 1.40. The van der Waals surface area contributed by atoms with E-state index < -0.39 is 5.60 Å². The second-order valence-corrected chi connectivity index (χ2v) is 5.30. The highest BCUT2D eigenvalue weighted by atomic mass is 16.6. The van der Waals surface area contributed by atoms with Crippen LogP contribution < -0.4 is 10.6 Å². The van der Waals surface area contributed by atoms with Crippen LogP contribution in [0.4, 0.5) is 4.79 Å². The van der Waals surface area contributed by atoms with E-state index in [0.717, 1.165) is 19.3 Å². The first-order chi connectivity index (χ1) is 8.85. The molecule has 19 heavy (non-hydrogen) atoms. The van der Waals surface area contributed by atoms with Crippen molar-refractivity contribution >= 4 is 12.0 Å². The fraction of sp³-hybridized carbons (Fsp3) is 0.846. The summed E-state index contributed by atoms with van der Waals surface area (Å²) in [5.74, 6) is -0.179. The summed E-state index contributed by atoms with van der Waals surface area (Å²) in [7, 11) is 0. The third-order valence-electron chi connectivity index (χ3n) is 2.16. The van der Waals surface area contributed by atoms with Crippen molar-refractivity contribution in [3.8, 4) is 0 Å². The third kappa shape index (κ3) is 12.9. The number of ether oxygens (including phenoxy) is 1. The standard InChI is InChI=1S/C13H26N2O4/c1-13(2,3)19-11(17)7-5-4-6-8-14-12(18)15-9-10-16/h16H,4-10H2,1-3H3,(H2,14,15,18). The van der Waals surface area contributed by atoms with Crippen molar-refractivity contribution in [1.29, 1.82) is 0 Å². The molecule has 3 N–H and O–H groups in total. The van der Waals surface area contributed by atoms with E-state index in [2.05, 4.69) is 10.6 Å². The largest absolute Gasteiger partial charge is 0.460 e. The molecule has 0 spiro atoms.